The number of hydrogen-bond donors (Lipinski definition) is 0. The average Bonchev–Trinajstić information content (AvgIpc) is 3.32. The Kier molecular flexibility index (Phi) is 5.02. The van der Waals surface area contributed by atoms with Crippen LogP contribution in [0.4, 0.5) is 0 Å². The van der Waals surface area contributed by atoms with Crippen molar-refractivity contribution in [1.82, 2.24) is 4.98 Å². The molecule has 5 nitrogen and oxygen atoms in total. The first-order valence-electron chi connectivity index (χ1n) is 9.84. The molecule has 3 aromatic carbocycles. The molecule has 0 amide bonds. The summed E-state index contributed by atoms with van der Waals surface area (Å²) in [6.45, 7) is 0. The zero-order valence-corrected chi connectivity index (χ0v) is 17.8. The van der Waals surface area contributed by atoms with Crippen molar-refractivity contribution in [2.24, 2.45) is 0 Å². The molecule has 2 heterocycles. The molecule has 0 saturated heterocycles. The third-order valence-corrected chi connectivity index (χ3v) is 6.09. The van der Waals surface area contributed by atoms with E-state index < -0.39 is 5.63 Å². The summed E-state index contributed by atoms with van der Waals surface area (Å²) >= 11 is 1.30. The van der Waals surface area contributed by atoms with E-state index in [0.717, 1.165) is 21.7 Å². The van der Waals surface area contributed by atoms with Crippen molar-refractivity contribution in [3.63, 3.8) is 0 Å². The van der Waals surface area contributed by atoms with E-state index in [1.165, 1.54) is 11.3 Å². The van der Waals surface area contributed by atoms with E-state index in [-0.39, 0.29) is 0 Å². The molecule has 6 heteroatoms. The second kappa shape index (κ2) is 8.14. The van der Waals surface area contributed by atoms with E-state index in [0.29, 0.717) is 33.2 Å². The molecule has 0 bridgehead atoms. The maximum atomic E-state index is 12.7. The number of thiazole rings is 1. The largest absolute Gasteiger partial charge is 0.496 e. The Labute approximate surface area is 187 Å². The number of fused-ring (bicyclic) bond motifs is 3. The summed E-state index contributed by atoms with van der Waals surface area (Å²) in [6, 6.07) is 23.1. The van der Waals surface area contributed by atoms with Crippen LogP contribution in [-0.4, -0.2) is 12.1 Å². The van der Waals surface area contributed by atoms with Crippen molar-refractivity contribution in [1.29, 1.82) is 5.26 Å². The predicted octanol–water partition coefficient (Wildman–Crippen LogP) is 6.14. The summed E-state index contributed by atoms with van der Waals surface area (Å²) in [5, 5.41) is 14.9. The number of benzene rings is 3. The van der Waals surface area contributed by atoms with Gasteiger partial charge in [-0.05, 0) is 35.0 Å². The Morgan fingerprint density at radius 3 is 2.75 bits per heavy atom. The highest BCUT2D eigenvalue weighted by Gasteiger charge is 2.15. The predicted molar refractivity (Wildman–Crippen MR) is 128 cm³/mol. The maximum absolute atomic E-state index is 12.7. The Morgan fingerprint density at radius 1 is 1.09 bits per heavy atom. The fourth-order valence-corrected chi connectivity index (χ4v) is 4.44. The molecule has 0 aliphatic rings. The van der Waals surface area contributed by atoms with Crippen LogP contribution < -0.4 is 10.4 Å². The van der Waals surface area contributed by atoms with Crippen LogP contribution >= 0.6 is 11.3 Å². The minimum atomic E-state index is -0.461. The van der Waals surface area contributed by atoms with Gasteiger partial charge in [0.05, 0.1) is 23.9 Å². The number of para-hydroxylation sites is 1. The van der Waals surface area contributed by atoms with Crippen LogP contribution in [0, 0.1) is 11.3 Å². The van der Waals surface area contributed by atoms with E-state index in [9.17, 15) is 10.1 Å². The Bertz CT molecular complexity index is 1610. The number of allylic oxidation sites excluding steroid dienone is 1. The lowest BCUT2D eigenvalue weighted by atomic mass is 10.0. The fraction of sp³-hybridized carbons (Fsp3) is 0.0385. The van der Waals surface area contributed by atoms with Gasteiger partial charge in [0.15, 0.2) is 0 Å². The number of nitriles is 1. The fourth-order valence-electron chi connectivity index (χ4n) is 3.65. The Morgan fingerprint density at radius 2 is 1.91 bits per heavy atom. The van der Waals surface area contributed by atoms with Crippen molar-refractivity contribution in [3.05, 3.63) is 93.1 Å². The minimum Gasteiger partial charge on any atom is -0.496 e. The van der Waals surface area contributed by atoms with Gasteiger partial charge in [0.1, 0.15) is 22.4 Å². The van der Waals surface area contributed by atoms with Gasteiger partial charge in [-0.2, -0.15) is 5.26 Å². The lowest BCUT2D eigenvalue weighted by molar-refractivity contribution is 0.414. The van der Waals surface area contributed by atoms with Gasteiger partial charge in [-0.3, -0.25) is 0 Å². The van der Waals surface area contributed by atoms with Crippen LogP contribution in [0.1, 0.15) is 10.6 Å². The molecule has 0 N–H and O–H groups in total. The highest BCUT2D eigenvalue weighted by molar-refractivity contribution is 7.11. The second-order valence-corrected chi connectivity index (χ2v) is 7.95. The summed E-state index contributed by atoms with van der Waals surface area (Å²) in [5.41, 5.74) is 2.08. The molecule has 0 saturated carbocycles. The van der Waals surface area contributed by atoms with Gasteiger partial charge in [-0.15, -0.1) is 11.3 Å². The molecule has 0 spiro atoms. The summed E-state index contributed by atoms with van der Waals surface area (Å²) in [4.78, 5) is 17.3. The summed E-state index contributed by atoms with van der Waals surface area (Å²) in [5.74, 6) is 0.666. The molecule has 0 radical (unpaired) electrons. The normalized spacial score (nSPS) is 11.6. The highest BCUT2D eigenvalue weighted by Crippen LogP contribution is 2.31. The molecular weight excluding hydrogens is 420 g/mol. The van der Waals surface area contributed by atoms with Crippen molar-refractivity contribution in [3.8, 4) is 23.1 Å². The van der Waals surface area contributed by atoms with Crippen molar-refractivity contribution < 1.29 is 9.15 Å². The smallest absolute Gasteiger partial charge is 0.345 e. The number of rotatable bonds is 4. The van der Waals surface area contributed by atoms with Crippen LogP contribution in [-0.2, 0) is 0 Å². The topological polar surface area (TPSA) is 76.1 Å². The molecule has 0 aliphatic carbocycles. The van der Waals surface area contributed by atoms with E-state index >= 15 is 0 Å². The number of hydrogen-bond acceptors (Lipinski definition) is 6. The first kappa shape index (κ1) is 19.7. The number of aromatic nitrogens is 1. The molecule has 0 unspecified atom stereocenters. The van der Waals surface area contributed by atoms with E-state index in [2.05, 4.69) is 11.1 Å². The molecule has 0 aliphatic heterocycles. The lowest BCUT2D eigenvalue weighted by Gasteiger charge is -2.04. The molecule has 154 valence electrons. The van der Waals surface area contributed by atoms with Crippen LogP contribution in [0.2, 0.25) is 0 Å². The third kappa shape index (κ3) is 3.45. The van der Waals surface area contributed by atoms with E-state index in [1.54, 1.807) is 24.6 Å². The third-order valence-electron chi connectivity index (χ3n) is 5.21. The van der Waals surface area contributed by atoms with Gasteiger partial charge >= 0.3 is 5.63 Å². The number of ether oxygens (including phenoxy) is 1. The SMILES string of the molecule is COc1ccccc1C=C(C#N)c1nc(-c2cc3c(ccc4ccccc43)oc2=O)cs1. The minimum absolute atomic E-state index is 0.367. The van der Waals surface area contributed by atoms with E-state index in [4.69, 9.17) is 9.15 Å². The van der Waals surface area contributed by atoms with E-state index in [1.807, 2.05) is 60.7 Å². The second-order valence-electron chi connectivity index (χ2n) is 7.10. The molecule has 32 heavy (non-hydrogen) atoms. The van der Waals surface area contributed by atoms with Gasteiger partial charge < -0.3 is 9.15 Å². The first-order chi connectivity index (χ1) is 15.7. The van der Waals surface area contributed by atoms with Crippen LogP contribution in [0.3, 0.4) is 0 Å². The maximum Gasteiger partial charge on any atom is 0.345 e. The molecule has 5 rings (SSSR count). The molecule has 5 aromatic rings. The monoisotopic (exact) mass is 436 g/mol. The number of methoxy groups -OCH3 is 1. The molecule has 0 fully saturated rings. The van der Waals surface area contributed by atoms with Crippen LogP contribution in [0.25, 0.3) is 44.6 Å². The van der Waals surface area contributed by atoms with Crippen molar-refractivity contribution >= 4 is 44.7 Å². The highest BCUT2D eigenvalue weighted by atomic mass is 32.1. The summed E-state index contributed by atoms with van der Waals surface area (Å²) < 4.78 is 11.0. The number of nitrogens with zero attached hydrogens (tertiary/aromatic N) is 2. The molecule has 2 aromatic heterocycles. The van der Waals surface area contributed by atoms with Gasteiger partial charge in [0, 0.05) is 16.3 Å². The van der Waals surface area contributed by atoms with Gasteiger partial charge in [-0.25, -0.2) is 9.78 Å². The van der Waals surface area contributed by atoms with Gasteiger partial charge in [-0.1, -0.05) is 48.5 Å². The first-order valence-corrected chi connectivity index (χ1v) is 10.7. The zero-order valence-electron chi connectivity index (χ0n) is 17.0. The Balaban J connectivity index is 1.62. The van der Waals surface area contributed by atoms with Crippen molar-refractivity contribution in [2.45, 2.75) is 0 Å². The summed E-state index contributed by atoms with van der Waals surface area (Å²) in [6.07, 6.45) is 1.73. The zero-order chi connectivity index (χ0) is 22.1. The molecular formula is C26H16N2O3S. The molecule has 0 atom stereocenters. The van der Waals surface area contributed by atoms with Crippen LogP contribution in [0.5, 0.6) is 5.75 Å². The van der Waals surface area contributed by atoms with Crippen molar-refractivity contribution in [2.75, 3.05) is 7.11 Å². The van der Waals surface area contributed by atoms with Crippen LogP contribution in [0.15, 0.2) is 81.3 Å². The lowest BCUT2D eigenvalue weighted by Crippen LogP contribution is -2.03. The van der Waals surface area contributed by atoms with Gasteiger partial charge in [0.25, 0.3) is 0 Å². The standard InChI is InChI=1S/C26H16N2O3S/c1-30-23-9-5-3-7-17(23)12-18(14-27)25-28-22(15-32-25)21-13-20-19-8-4-2-6-16(19)10-11-24(20)31-26(21)29/h2-13,15H,1H3. The quantitative estimate of drug-likeness (QED) is 0.192. The Hall–Kier alpha value is -4.21. The van der Waals surface area contributed by atoms with Gasteiger partial charge in [0.2, 0.25) is 0 Å². The summed E-state index contributed by atoms with van der Waals surface area (Å²) in [7, 11) is 1.59. The average molecular weight is 436 g/mol.